The van der Waals surface area contributed by atoms with Crippen LogP contribution in [-0.2, 0) is 4.74 Å². The molecule has 3 heterocycles. The van der Waals surface area contributed by atoms with Crippen LogP contribution in [0.15, 0.2) is 18.2 Å². The third kappa shape index (κ3) is 4.59. The van der Waals surface area contributed by atoms with Crippen LogP contribution in [0.4, 0.5) is 5.69 Å². The minimum absolute atomic E-state index is 0.190. The quantitative estimate of drug-likeness (QED) is 0.803. The number of piperidine rings is 1. The van der Waals surface area contributed by atoms with Gasteiger partial charge in [-0.1, -0.05) is 5.21 Å². The number of aromatic nitrogens is 3. The number of ether oxygens (including phenoxy) is 2. The predicted molar refractivity (Wildman–Crippen MR) is 110 cm³/mol. The first-order chi connectivity index (χ1) is 14.1. The number of carbonyl (C=O) groups is 1. The average Bonchev–Trinajstić information content (AvgIpc) is 3.13. The van der Waals surface area contributed by atoms with Gasteiger partial charge < -0.3 is 20.1 Å². The van der Waals surface area contributed by atoms with Gasteiger partial charge in [0.2, 0.25) is 0 Å². The van der Waals surface area contributed by atoms with Crippen molar-refractivity contribution in [3.8, 4) is 5.75 Å². The molecule has 0 radical (unpaired) electrons. The second kappa shape index (κ2) is 8.92. The standard InChI is InChI=1S/C21H29N5O3/c1-14-13-16(3-4-19(14)29-18-7-11-28-12-8-18)23-21(27)20-15(2)26(25-24-20)17-5-9-22-10-6-17/h3-4,13,17-18,22H,5-12H2,1-2H3,(H,23,27). The van der Waals surface area contributed by atoms with E-state index >= 15 is 0 Å². The van der Waals surface area contributed by atoms with Crippen molar-refractivity contribution in [2.45, 2.75) is 51.7 Å². The molecule has 0 aliphatic carbocycles. The zero-order valence-corrected chi connectivity index (χ0v) is 17.1. The minimum atomic E-state index is -0.236. The van der Waals surface area contributed by atoms with E-state index < -0.39 is 0 Å². The van der Waals surface area contributed by atoms with Crippen LogP contribution in [-0.4, -0.2) is 53.3 Å². The molecule has 2 aliphatic heterocycles. The van der Waals surface area contributed by atoms with Gasteiger partial charge in [-0.3, -0.25) is 4.79 Å². The first-order valence-electron chi connectivity index (χ1n) is 10.4. The number of carbonyl (C=O) groups excluding carboxylic acids is 1. The third-order valence-corrected chi connectivity index (χ3v) is 5.69. The zero-order chi connectivity index (χ0) is 20.2. The summed E-state index contributed by atoms with van der Waals surface area (Å²) >= 11 is 0. The van der Waals surface area contributed by atoms with Gasteiger partial charge in [-0.15, -0.1) is 5.10 Å². The highest BCUT2D eigenvalue weighted by atomic mass is 16.5. The van der Waals surface area contributed by atoms with Crippen LogP contribution in [0.2, 0.25) is 0 Å². The maximum Gasteiger partial charge on any atom is 0.278 e. The van der Waals surface area contributed by atoms with Gasteiger partial charge in [0.15, 0.2) is 5.69 Å². The van der Waals surface area contributed by atoms with Crippen molar-refractivity contribution in [2.24, 2.45) is 0 Å². The second-order valence-corrected chi connectivity index (χ2v) is 7.81. The highest BCUT2D eigenvalue weighted by Gasteiger charge is 2.23. The Bertz CT molecular complexity index is 854. The van der Waals surface area contributed by atoms with E-state index in [4.69, 9.17) is 9.47 Å². The Morgan fingerprint density at radius 3 is 2.69 bits per heavy atom. The lowest BCUT2D eigenvalue weighted by atomic mass is 10.1. The molecule has 2 aromatic rings. The Balaban J connectivity index is 1.41. The lowest BCUT2D eigenvalue weighted by Crippen LogP contribution is -2.30. The Morgan fingerprint density at radius 1 is 1.21 bits per heavy atom. The fourth-order valence-electron chi connectivity index (χ4n) is 3.97. The van der Waals surface area contributed by atoms with Gasteiger partial charge in [0.05, 0.1) is 24.9 Å². The fraction of sp³-hybridized carbons (Fsp3) is 0.571. The number of benzene rings is 1. The molecule has 29 heavy (non-hydrogen) atoms. The van der Waals surface area contributed by atoms with Crippen molar-refractivity contribution in [1.82, 2.24) is 20.3 Å². The monoisotopic (exact) mass is 399 g/mol. The van der Waals surface area contributed by atoms with Crippen LogP contribution in [0.3, 0.4) is 0 Å². The molecule has 156 valence electrons. The van der Waals surface area contributed by atoms with Crippen molar-refractivity contribution in [1.29, 1.82) is 0 Å². The largest absolute Gasteiger partial charge is 0.490 e. The number of nitrogens with one attached hydrogen (secondary N) is 2. The summed E-state index contributed by atoms with van der Waals surface area (Å²) in [6.45, 7) is 7.32. The smallest absolute Gasteiger partial charge is 0.278 e. The van der Waals surface area contributed by atoms with Crippen molar-refractivity contribution in [3.05, 3.63) is 35.2 Å². The molecule has 2 fully saturated rings. The van der Waals surface area contributed by atoms with Crippen LogP contribution in [0, 0.1) is 13.8 Å². The molecule has 1 aromatic carbocycles. The fourth-order valence-corrected chi connectivity index (χ4v) is 3.97. The summed E-state index contributed by atoms with van der Waals surface area (Å²) in [4.78, 5) is 12.8. The van der Waals surface area contributed by atoms with Crippen LogP contribution in [0.25, 0.3) is 0 Å². The van der Waals surface area contributed by atoms with E-state index in [1.807, 2.05) is 36.7 Å². The first kappa shape index (κ1) is 19.8. The second-order valence-electron chi connectivity index (χ2n) is 7.81. The first-order valence-corrected chi connectivity index (χ1v) is 10.4. The topological polar surface area (TPSA) is 90.3 Å². The molecule has 0 saturated carbocycles. The molecule has 2 aliphatic rings. The van der Waals surface area contributed by atoms with Crippen molar-refractivity contribution in [2.75, 3.05) is 31.6 Å². The number of aryl methyl sites for hydroxylation is 1. The molecule has 2 saturated heterocycles. The highest BCUT2D eigenvalue weighted by molar-refractivity contribution is 6.03. The number of anilines is 1. The summed E-state index contributed by atoms with van der Waals surface area (Å²) in [6.07, 6.45) is 4.00. The molecular formula is C21H29N5O3. The molecular weight excluding hydrogens is 370 g/mol. The molecule has 1 amide bonds. The van der Waals surface area contributed by atoms with Gasteiger partial charge in [-0.25, -0.2) is 4.68 Å². The van der Waals surface area contributed by atoms with E-state index in [1.54, 1.807) is 0 Å². The lowest BCUT2D eigenvalue weighted by molar-refractivity contribution is 0.0253. The molecule has 0 atom stereocenters. The number of hydrogen-bond donors (Lipinski definition) is 2. The van der Waals surface area contributed by atoms with E-state index in [0.29, 0.717) is 11.7 Å². The van der Waals surface area contributed by atoms with Gasteiger partial charge in [0, 0.05) is 18.5 Å². The molecule has 1 aromatic heterocycles. The summed E-state index contributed by atoms with van der Waals surface area (Å²) in [5, 5.41) is 14.7. The number of nitrogens with zero attached hydrogens (tertiary/aromatic N) is 3. The van der Waals surface area contributed by atoms with Crippen molar-refractivity contribution >= 4 is 11.6 Å². The van der Waals surface area contributed by atoms with E-state index in [-0.39, 0.29) is 12.0 Å². The average molecular weight is 399 g/mol. The zero-order valence-electron chi connectivity index (χ0n) is 17.1. The van der Waals surface area contributed by atoms with Crippen molar-refractivity contribution < 1.29 is 14.3 Å². The van der Waals surface area contributed by atoms with E-state index in [9.17, 15) is 4.79 Å². The summed E-state index contributed by atoms with van der Waals surface area (Å²) in [5.74, 6) is 0.614. The van der Waals surface area contributed by atoms with Crippen molar-refractivity contribution in [3.63, 3.8) is 0 Å². The normalized spacial score (nSPS) is 18.6. The Hall–Kier alpha value is -2.45. The van der Waals surface area contributed by atoms with Gasteiger partial charge in [0.1, 0.15) is 11.9 Å². The lowest BCUT2D eigenvalue weighted by Gasteiger charge is -2.24. The van der Waals surface area contributed by atoms with Crippen LogP contribution >= 0.6 is 0 Å². The molecule has 4 rings (SSSR count). The van der Waals surface area contributed by atoms with Crippen LogP contribution in [0.5, 0.6) is 5.75 Å². The van der Waals surface area contributed by atoms with Gasteiger partial charge in [-0.2, -0.15) is 0 Å². The maximum atomic E-state index is 12.8. The summed E-state index contributed by atoms with van der Waals surface area (Å²) in [7, 11) is 0. The Morgan fingerprint density at radius 2 is 1.97 bits per heavy atom. The molecule has 0 spiro atoms. The van der Waals surface area contributed by atoms with E-state index in [0.717, 1.165) is 74.7 Å². The van der Waals surface area contributed by atoms with Crippen LogP contribution < -0.4 is 15.4 Å². The van der Waals surface area contributed by atoms with Crippen LogP contribution in [0.1, 0.15) is 53.5 Å². The molecule has 2 N–H and O–H groups in total. The van der Waals surface area contributed by atoms with Gasteiger partial charge in [-0.05, 0) is 63.5 Å². The number of rotatable bonds is 5. The maximum absolute atomic E-state index is 12.8. The van der Waals surface area contributed by atoms with E-state index in [2.05, 4.69) is 20.9 Å². The van der Waals surface area contributed by atoms with Gasteiger partial charge >= 0.3 is 0 Å². The summed E-state index contributed by atoms with van der Waals surface area (Å²) in [5.41, 5.74) is 2.90. The predicted octanol–water partition coefficient (Wildman–Crippen LogP) is 2.63. The molecule has 0 bridgehead atoms. The molecule has 8 heteroatoms. The molecule has 0 unspecified atom stereocenters. The van der Waals surface area contributed by atoms with E-state index in [1.165, 1.54) is 0 Å². The summed E-state index contributed by atoms with van der Waals surface area (Å²) < 4.78 is 13.4. The summed E-state index contributed by atoms with van der Waals surface area (Å²) in [6, 6.07) is 6.01. The number of amides is 1. The molecule has 8 nitrogen and oxygen atoms in total. The highest BCUT2D eigenvalue weighted by Crippen LogP contribution is 2.26. The Labute approximate surface area is 171 Å². The SMILES string of the molecule is Cc1cc(NC(=O)c2nnn(C3CCNCC3)c2C)ccc1OC1CCOCC1. The number of hydrogen-bond acceptors (Lipinski definition) is 6. The van der Waals surface area contributed by atoms with Gasteiger partial charge in [0.25, 0.3) is 5.91 Å². The minimum Gasteiger partial charge on any atom is -0.490 e. The Kier molecular flexibility index (Phi) is 6.10. The third-order valence-electron chi connectivity index (χ3n) is 5.69.